The lowest BCUT2D eigenvalue weighted by Crippen LogP contribution is -2.49. The van der Waals surface area contributed by atoms with Gasteiger partial charge in [0, 0.05) is 32.7 Å². The van der Waals surface area contributed by atoms with Crippen molar-refractivity contribution in [3.05, 3.63) is 16.1 Å². The zero-order valence-corrected chi connectivity index (χ0v) is 15.8. The highest BCUT2D eigenvalue weighted by Gasteiger charge is 2.27. The Morgan fingerprint density at radius 2 is 1.75 bits per heavy atom. The Morgan fingerprint density at radius 3 is 2.25 bits per heavy atom. The van der Waals surface area contributed by atoms with E-state index in [-0.39, 0.29) is 12.5 Å². The van der Waals surface area contributed by atoms with Gasteiger partial charge in [-0.1, -0.05) is 0 Å². The van der Waals surface area contributed by atoms with Crippen LogP contribution in [0.3, 0.4) is 0 Å². The third kappa shape index (κ3) is 3.76. The third-order valence-corrected chi connectivity index (χ3v) is 4.86. The molecular formula is C16H23BrN2O5. The van der Waals surface area contributed by atoms with Gasteiger partial charge in [-0.2, -0.15) is 0 Å². The lowest BCUT2D eigenvalue weighted by atomic mass is 10.1. The minimum atomic E-state index is -0.0928. The standard InChI is InChI=1S/C16H23BrN2O5/c1-22-12-10-11(13(17)15(24-3)14(12)23-2)16(21)19-6-4-18(5-7-19)8-9-20/h10,20H,4-9H2,1-3H3. The first-order valence-corrected chi connectivity index (χ1v) is 8.47. The van der Waals surface area contributed by atoms with Crippen molar-refractivity contribution in [1.29, 1.82) is 0 Å². The number of amides is 1. The van der Waals surface area contributed by atoms with Crippen LogP contribution in [0.15, 0.2) is 10.5 Å². The van der Waals surface area contributed by atoms with Crippen LogP contribution in [0.2, 0.25) is 0 Å². The van der Waals surface area contributed by atoms with E-state index < -0.39 is 0 Å². The van der Waals surface area contributed by atoms with Crippen molar-refractivity contribution in [2.24, 2.45) is 0 Å². The van der Waals surface area contributed by atoms with Crippen molar-refractivity contribution in [2.45, 2.75) is 0 Å². The number of nitrogens with zero attached hydrogens (tertiary/aromatic N) is 2. The van der Waals surface area contributed by atoms with Crippen LogP contribution in [0.25, 0.3) is 0 Å². The van der Waals surface area contributed by atoms with Gasteiger partial charge in [0.25, 0.3) is 5.91 Å². The van der Waals surface area contributed by atoms with Crippen molar-refractivity contribution in [3.8, 4) is 17.2 Å². The predicted molar refractivity (Wildman–Crippen MR) is 93.2 cm³/mol. The minimum absolute atomic E-state index is 0.0928. The summed E-state index contributed by atoms with van der Waals surface area (Å²) >= 11 is 3.45. The lowest BCUT2D eigenvalue weighted by Gasteiger charge is -2.34. The van der Waals surface area contributed by atoms with E-state index in [1.165, 1.54) is 21.3 Å². The number of β-amino-alcohol motifs (C(OH)–C–C–N with tert-alkyl or cyclic N) is 1. The second-order valence-corrected chi connectivity index (χ2v) is 6.16. The van der Waals surface area contributed by atoms with Crippen LogP contribution in [0.1, 0.15) is 10.4 Å². The first-order chi connectivity index (χ1) is 11.6. The molecule has 24 heavy (non-hydrogen) atoms. The summed E-state index contributed by atoms with van der Waals surface area (Å²) in [6, 6.07) is 1.66. The van der Waals surface area contributed by atoms with Crippen LogP contribution >= 0.6 is 15.9 Å². The number of carbonyl (C=O) groups excluding carboxylic acids is 1. The molecule has 1 saturated heterocycles. The van der Waals surface area contributed by atoms with E-state index in [0.29, 0.717) is 46.9 Å². The highest BCUT2D eigenvalue weighted by molar-refractivity contribution is 9.10. The molecule has 0 aliphatic carbocycles. The average molecular weight is 403 g/mol. The Bertz CT molecular complexity index is 588. The van der Waals surface area contributed by atoms with E-state index in [1.807, 2.05) is 0 Å². The molecule has 2 rings (SSSR count). The Balaban J connectivity index is 2.27. The van der Waals surface area contributed by atoms with Gasteiger partial charge in [-0.3, -0.25) is 9.69 Å². The number of rotatable bonds is 6. The summed E-state index contributed by atoms with van der Waals surface area (Å²) in [6.07, 6.45) is 0. The number of ether oxygens (including phenoxy) is 3. The smallest absolute Gasteiger partial charge is 0.255 e. The maximum Gasteiger partial charge on any atom is 0.255 e. The molecule has 0 spiro atoms. The number of hydrogen-bond donors (Lipinski definition) is 1. The number of piperazine rings is 1. The van der Waals surface area contributed by atoms with Crippen LogP contribution in [0.4, 0.5) is 0 Å². The van der Waals surface area contributed by atoms with E-state index >= 15 is 0 Å². The van der Waals surface area contributed by atoms with Gasteiger partial charge in [0.2, 0.25) is 5.75 Å². The number of benzene rings is 1. The Kier molecular flexibility index (Phi) is 6.70. The third-order valence-electron chi connectivity index (χ3n) is 4.08. The molecule has 1 aliphatic heterocycles. The van der Waals surface area contributed by atoms with E-state index in [2.05, 4.69) is 20.8 Å². The maximum atomic E-state index is 12.9. The number of carbonyl (C=O) groups is 1. The van der Waals surface area contributed by atoms with Crippen molar-refractivity contribution in [2.75, 3.05) is 60.7 Å². The molecule has 1 fully saturated rings. The van der Waals surface area contributed by atoms with Crippen LogP contribution in [0.5, 0.6) is 17.2 Å². The molecule has 0 radical (unpaired) electrons. The Morgan fingerprint density at radius 1 is 1.12 bits per heavy atom. The zero-order valence-electron chi connectivity index (χ0n) is 14.2. The predicted octanol–water partition coefficient (Wildman–Crippen LogP) is 1.23. The van der Waals surface area contributed by atoms with Gasteiger partial charge in [0.15, 0.2) is 11.5 Å². The van der Waals surface area contributed by atoms with Gasteiger partial charge >= 0.3 is 0 Å². The normalized spacial score (nSPS) is 15.3. The summed E-state index contributed by atoms with van der Waals surface area (Å²) < 4.78 is 16.6. The maximum absolute atomic E-state index is 12.9. The molecule has 0 atom stereocenters. The zero-order chi connectivity index (χ0) is 17.7. The first-order valence-electron chi connectivity index (χ1n) is 7.68. The number of aliphatic hydroxyl groups is 1. The van der Waals surface area contributed by atoms with Crippen LogP contribution in [0, 0.1) is 0 Å². The number of methoxy groups -OCH3 is 3. The van der Waals surface area contributed by atoms with Crippen molar-refractivity contribution < 1.29 is 24.1 Å². The van der Waals surface area contributed by atoms with E-state index in [1.54, 1.807) is 11.0 Å². The minimum Gasteiger partial charge on any atom is -0.493 e. The second-order valence-electron chi connectivity index (χ2n) is 5.36. The molecule has 1 heterocycles. The van der Waals surface area contributed by atoms with Crippen molar-refractivity contribution >= 4 is 21.8 Å². The SMILES string of the molecule is COc1cc(C(=O)N2CCN(CCO)CC2)c(Br)c(OC)c1OC. The highest BCUT2D eigenvalue weighted by atomic mass is 79.9. The molecule has 1 N–H and O–H groups in total. The molecule has 1 aromatic rings. The highest BCUT2D eigenvalue weighted by Crippen LogP contribution is 2.45. The van der Waals surface area contributed by atoms with E-state index in [9.17, 15) is 4.79 Å². The lowest BCUT2D eigenvalue weighted by molar-refractivity contribution is 0.0613. The van der Waals surface area contributed by atoms with Crippen molar-refractivity contribution in [3.63, 3.8) is 0 Å². The molecule has 8 heteroatoms. The fourth-order valence-corrected chi connectivity index (χ4v) is 3.39. The van der Waals surface area contributed by atoms with E-state index in [0.717, 1.165) is 13.1 Å². The molecule has 1 aromatic carbocycles. The van der Waals surface area contributed by atoms with E-state index in [4.69, 9.17) is 19.3 Å². The fraction of sp³-hybridized carbons (Fsp3) is 0.562. The quantitative estimate of drug-likeness (QED) is 0.771. The molecule has 0 saturated carbocycles. The molecule has 0 aromatic heterocycles. The number of halogens is 1. The Labute approximate surface area is 150 Å². The van der Waals surface area contributed by atoms with Gasteiger partial charge < -0.3 is 24.2 Å². The molecule has 7 nitrogen and oxygen atoms in total. The van der Waals surface area contributed by atoms with Gasteiger partial charge in [-0.15, -0.1) is 0 Å². The monoisotopic (exact) mass is 402 g/mol. The summed E-state index contributed by atoms with van der Waals surface area (Å²) in [6.45, 7) is 3.48. The summed E-state index contributed by atoms with van der Waals surface area (Å²) in [4.78, 5) is 16.8. The number of aliphatic hydroxyl groups excluding tert-OH is 1. The van der Waals surface area contributed by atoms with Gasteiger partial charge in [0.05, 0.1) is 38.0 Å². The van der Waals surface area contributed by atoms with Crippen molar-refractivity contribution in [1.82, 2.24) is 9.80 Å². The average Bonchev–Trinajstić information content (AvgIpc) is 2.61. The van der Waals surface area contributed by atoms with Crippen LogP contribution < -0.4 is 14.2 Å². The summed E-state index contributed by atoms with van der Waals surface area (Å²) in [5.74, 6) is 1.22. The molecular weight excluding hydrogens is 380 g/mol. The number of hydrogen-bond acceptors (Lipinski definition) is 6. The molecule has 134 valence electrons. The summed E-state index contributed by atoms with van der Waals surface area (Å²) in [5, 5.41) is 9.00. The van der Waals surface area contributed by atoms with Gasteiger partial charge in [-0.05, 0) is 22.0 Å². The summed E-state index contributed by atoms with van der Waals surface area (Å²) in [7, 11) is 4.56. The second kappa shape index (κ2) is 8.55. The van der Waals surface area contributed by atoms with Crippen LogP contribution in [-0.4, -0.2) is 81.5 Å². The van der Waals surface area contributed by atoms with Gasteiger partial charge in [0.1, 0.15) is 0 Å². The summed E-state index contributed by atoms with van der Waals surface area (Å²) in [5.41, 5.74) is 0.472. The largest absolute Gasteiger partial charge is 0.493 e. The topological polar surface area (TPSA) is 71.5 Å². The molecule has 1 amide bonds. The first kappa shape index (κ1) is 18.8. The molecule has 1 aliphatic rings. The fourth-order valence-electron chi connectivity index (χ4n) is 2.76. The Hall–Kier alpha value is -1.51. The van der Waals surface area contributed by atoms with Gasteiger partial charge in [-0.25, -0.2) is 0 Å². The molecule has 0 unspecified atom stereocenters. The molecule has 0 bridgehead atoms. The van der Waals surface area contributed by atoms with Crippen LogP contribution in [-0.2, 0) is 0 Å².